The fourth-order valence-electron chi connectivity index (χ4n) is 1.94. The third kappa shape index (κ3) is 5.89. The van der Waals surface area contributed by atoms with Crippen LogP contribution in [-0.2, 0) is 29.6 Å². The van der Waals surface area contributed by atoms with Gasteiger partial charge >= 0.3 is 7.60 Å². The Kier molecular flexibility index (Phi) is 8.35. The zero-order valence-corrected chi connectivity index (χ0v) is 13.8. The van der Waals surface area contributed by atoms with Crippen LogP contribution < -0.4 is 5.11 Å². The van der Waals surface area contributed by atoms with Gasteiger partial charge in [0.1, 0.15) is 0 Å². The summed E-state index contributed by atoms with van der Waals surface area (Å²) in [7, 11) is -3.88. The van der Waals surface area contributed by atoms with Crippen LogP contribution in [-0.4, -0.2) is 31.6 Å². The van der Waals surface area contributed by atoms with Crippen LogP contribution in [0.3, 0.4) is 0 Å². The van der Waals surface area contributed by atoms with Crippen molar-refractivity contribution in [2.45, 2.75) is 32.5 Å². The van der Waals surface area contributed by atoms with E-state index in [1.165, 1.54) is 0 Å². The number of hydrogen-bond donors (Lipinski definition) is 0. The first kappa shape index (κ1) is 18.8. The number of carboxylic acid groups (broad SMARTS) is 1. The molecule has 0 radical (unpaired) electrons. The molecule has 1 aromatic carbocycles. The predicted molar refractivity (Wildman–Crippen MR) is 80.4 cm³/mol. The zero-order valence-electron chi connectivity index (χ0n) is 12.9. The number of aryl methyl sites for hydroxylation is 1. The van der Waals surface area contributed by atoms with Crippen molar-refractivity contribution < 1.29 is 28.3 Å². The lowest BCUT2D eigenvalue weighted by atomic mass is 10.1. The quantitative estimate of drug-likeness (QED) is 0.456. The van der Waals surface area contributed by atoms with Gasteiger partial charge in [0, 0.05) is 6.61 Å². The molecule has 0 bridgehead atoms. The first-order valence-corrected chi connectivity index (χ1v) is 8.89. The smallest absolute Gasteiger partial charge is 0.364 e. The minimum atomic E-state index is -3.88. The molecule has 1 aromatic rings. The molecule has 124 valence electrons. The van der Waals surface area contributed by atoms with Gasteiger partial charge in [-0.25, -0.2) is 0 Å². The van der Waals surface area contributed by atoms with E-state index < -0.39 is 19.4 Å². The number of carboxylic acids is 1. The Labute approximate surface area is 130 Å². The molecule has 0 aliphatic carbocycles. The minimum Gasteiger partial charge on any atom is -0.547 e. The van der Waals surface area contributed by atoms with Crippen molar-refractivity contribution in [3.05, 3.63) is 35.9 Å². The Balaban J connectivity index is 2.56. The fraction of sp³-hybridized carbons (Fsp3) is 0.533. The van der Waals surface area contributed by atoms with E-state index in [2.05, 4.69) is 0 Å². The molecule has 1 atom stereocenters. The van der Waals surface area contributed by atoms with Crippen molar-refractivity contribution in [3.8, 4) is 0 Å². The topological polar surface area (TPSA) is 84.9 Å². The maximum Gasteiger partial charge on any atom is 0.364 e. The van der Waals surface area contributed by atoms with E-state index in [0.717, 1.165) is 12.0 Å². The molecular formula is C15H22O6P-. The van der Waals surface area contributed by atoms with E-state index in [-0.39, 0.29) is 19.8 Å². The van der Waals surface area contributed by atoms with Crippen molar-refractivity contribution in [2.75, 3.05) is 19.8 Å². The second kappa shape index (κ2) is 9.74. The van der Waals surface area contributed by atoms with Gasteiger partial charge in [-0.05, 0) is 32.3 Å². The van der Waals surface area contributed by atoms with Crippen LogP contribution in [0, 0.1) is 0 Å². The number of aliphatic carboxylic acids is 1. The summed E-state index contributed by atoms with van der Waals surface area (Å²) in [6.07, 6.45) is 1.32. The lowest BCUT2D eigenvalue weighted by Gasteiger charge is -2.26. The molecule has 0 heterocycles. The highest BCUT2D eigenvalue weighted by Crippen LogP contribution is 2.53. The Morgan fingerprint density at radius 1 is 1.18 bits per heavy atom. The van der Waals surface area contributed by atoms with E-state index in [9.17, 15) is 14.5 Å². The molecule has 0 fully saturated rings. The lowest BCUT2D eigenvalue weighted by Crippen LogP contribution is -2.38. The molecule has 0 aliphatic rings. The number of hydrogen-bond acceptors (Lipinski definition) is 6. The summed E-state index contributed by atoms with van der Waals surface area (Å²) in [5.41, 5.74) is 1.12. The summed E-state index contributed by atoms with van der Waals surface area (Å²) in [6, 6.07) is 9.73. The highest BCUT2D eigenvalue weighted by molar-refractivity contribution is 7.55. The van der Waals surface area contributed by atoms with Crippen LogP contribution >= 0.6 is 7.60 Å². The maximum absolute atomic E-state index is 12.4. The average molecular weight is 329 g/mol. The summed E-state index contributed by atoms with van der Waals surface area (Å²) >= 11 is 0. The molecule has 1 unspecified atom stereocenters. The molecule has 6 nitrogen and oxygen atoms in total. The Morgan fingerprint density at radius 2 is 1.77 bits per heavy atom. The van der Waals surface area contributed by atoms with Gasteiger partial charge in [0.05, 0.1) is 19.2 Å². The molecule has 0 spiro atoms. The molecule has 0 N–H and O–H groups in total. The number of carbonyl (C=O) groups is 1. The Hall–Kier alpha value is -1.20. The normalized spacial score (nSPS) is 13.0. The minimum absolute atomic E-state index is 0.0639. The van der Waals surface area contributed by atoms with Crippen molar-refractivity contribution in [2.24, 2.45) is 0 Å². The molecule has 0 aliphatic heterocycles. The summed E-state index contributed by atoms with van der Waals surface area (Å²) in [5, 5.41) is 11.2. The van der Waals surface area contributed by atoms with E-state index in [1.807, 2.05) is 30.3 Å². The van der Waals surface area contributed by atoms with Gasteiger partial charge in [-0.3, -0.25) is 4.57 Å². The van der Waals surface area contributed by atoms with Crippen LogP contribution in [0.4, 0.5) is 0 Å². The van der Waals surface area contributed by atoms with Crippen molar-refractivity contribution in [1.82, 2.24) is 0 Å². The molecule has 7 heteroatoms. The van der Waals surface area contributed by atoms with Crippen LogP contribution in [0.2, 0.25) is 0 Å². The van der Waals surface area contributed by atoms with Crippen LogP contribution in [0.25, 0.3) is 0 Å². The van der Waals surface area contributed by atoms with Gasteiger partial charge in [-0.1, -0.05) is 30.3 Å². The van der Waals surface area contributed by atoms with Crippen LogP contribution in [0.5, 0.6) is 0 Å². The van der Waals surface area contributed by atoms with E-state index in [0.29, 0.717) is 6.42 Å². The SMILES string of the molecule is CCOP(=O)(OCC)C(OCCCc1ccccc1)C(=O)[O-]. The first-order valence-electron chi connectivity index (χ1n) is 7.28. The zero-order chi connectivity index (χ0) is 16.4. The maximum atomic E-state index is 12.4. The van der Waals surface area contributed by atoms with Gasteiger partial charge in [0.15, 0.2) is 5.85 Å². The summed E-state index contributed by atoms with van der Waals surface area (Å²) in [5.74, 6) is -3.30. The standard InChI is InChI=1S/C15H23O6P/c1-3-20-22(18,21-4-2)15(14(16)17)19-12-8-11-13-9-6-5-7-10-13/h5-7,9-10,15H,3-4,8,11-12H2,1-2H3,(H,16,17)/p-1. The average Bonchev–Trinajstić information content (AvgIpc) is 2.48. The largest absolute Gasteiger partial charge is 0.547 e. The number of ether oxygens (including phenoxy) is 1. The third-order valence-electron chi connectivity index (χ3n) is 2.84. The molecule has 0 saturated heterocycles. The summed E-state index contributed by atoms with van der Waals surface area (Å²) in [6.45, 7) is 3.46. The second-order valence-corrected chi connectivity index (χ2v) is 6.57. The van der Waals surface area contributed by atoms with Gasteiger partial charge in [-0.2, -0.15) is 0 Å². The van der Waals surface area contributed by atoms with E-state index in [1.54, 1.807) is 13.8 Å². The highest BCUT2D eigenvalue weighted by atomic mass is 31.2. The van der Waals surface area contributed by atoms with Gasteiger partial charge in [0.2, 0.25) is 0 Å². The molecule has 1 rings (SSSR count). The molecule has 22 heavy (non-hydrogen) atoms. The first-order chi connectivity index (χ1) is 10.5. The predicted octanol–water partition coefficient (Wildman–Crippen LogP) is 1.98. The fourth-order valence-corrected chi connectivity index (χ4v) is 3.55. The van der Waals surface area contributed by atoms with Crippen molar-refractivity contribution in [1.29, 1.82) is 0 Å². The molecule has 0 saturated carbocycles. The monoisotopic (exact) mass is 329 g/mol. The van der Waals surface area contributed by atoms with Crippen molar-refractivity contribution >= 4 is 13.6 Å². The Morgan fingerprint density at radius 3 is 2.27 bits per heavy atom. The molecular weight excluding hydrogens is 307 g/mol. The second-order valence-electron chi connectivity index (χ2n) is 4.51. The van der Waals surface area contributed by atoms with E-state index >= 15 is 0 Å². The number of carbonyl (C=O) groups excluding carboxylic acids is 1. The van der Waals surface area contributed by atoms with Crippen LogP contribution in [0.15, 0.2) is 30.3 Å². The molecule has 0 amide bonds. The molecule has 0 aromatic heterocycles. The van der Waals surface area contributed by atoms with Gasteiger partial charge in [-0.15, -0.1) is 0 Å². The number of rotatable bonds is 11. The van der Waals surface area contributed by atoms with Crippen LogP contribution in [0.1, 0.15) is 25.8 Å². The third-order valence-corrected chi connectivity index (χ3v) is 5.01. The van der Waals surface area contributed by atoms with Crippen molar-refractivity contribution in [3.63, 3.8) is 0 Å². The highest BCUT2D eigenvalue weighted by Gasteiger charge is 2.37. The number of benzene rings is 1. The summed E-state index contributed by atoms with van der Waals surface area (Å²) in [4.78, 5) is 11.2. The van der Waals surface area contributed by atoms with Gasteiger partial charge in [0.25, 0.3) is 0 Å². The van der Waals surface area contributed by atoms with Gasteiger partial charge < -0.3 is 23.7 Å². The van der Waals surface area contributed by atoms with E-state index in [4.69, 9.17) is 13.8 Å². The lowest BCUT2D eigenvalue weighted by molar-refractivity contribution is -0.313. The Bertz CT molecular complexity index is 480. The summed E-state index contributed by atoms with van der Waals surface area (Å²) < 4.78 is 27.6.